The summed E-state index contributed by atoms with van der Waals surface area (Å²) in [5.74, 6) is 0.0119. The molecule has 2 N–H and O–H groups in total. The smallest absolute Gasteiger partial charge is 0.234 e. The third-order valence-corrected chi connectivity index (χ3v) is 3.48. The molecule has 3 heteroatoms. The summed E-state index contributed by atoms with van der Waals surface area (Å²) < 4.78 is 0. The van der Waals surface area contributed by atoms with E-state index in [1.807, 2.05) is 30.3 Å². The monoisotopic (exact) mass is 282 g/mol. The minimum atomic E-state index is 0.0119. The topological polar surface area (TPSA) is 41.1 Å². The van der Waals surface area contributed by atoms with E-state index < -0.39 is 0 Å². The number of carbonyl (C=O) groups is 1. The molecule has 2 aromatic carbocycles. The number of benzene rings is 2. The Morgan fingerprint density at radius 2 is 1.71 bits per heavy atom. The van der Waals surface area contributed by atoms with Crippen LogP contribution in [0.15, 0.2) is 54.6 Å². The molecule has 0 spiro atoms. The molecular weight excluding hydrogens is 260 g/mol. The van der Waals surface area contributed by atoms with Gasteiger partial charge in [0.2, 0.25) is 5.91 Å². The summed E-state index contributed by atoms with van der Waals surface area (Å²) in [5.41, 5.74) is 3.54. The zero-order valence-corrected chi connectivity index (χ0v) is 12.6. The van der Waals surface area contributed by atoms with Crippen LogP contribution in [-0.2, 0) is 11.3 Å². The number of rotatable bonds is 6. The van der Waals surface area contributed by atoms with E-state index in [2.05, 4.69) is 48.7 Å². The Kier molecular flexibility index (Phi) is 5.52. The second-order valence-electron chi connectivity index (χ2n) is 5.28. The lowest BCUT2D eigenvalue weighted by atomic mass is 10.1. The van der Waals surface area contributed by atoms with Crippen LogP contribution >= 0.6 is 0 Å². The molecule has 1 amide bonds. The Labute approximate surface area is 126 Å². The first kappa shape index (κ1) is 15.3. The van der Waals surface area contributed by atoms with E-state index in [1.54, 1.807) is 0 Å². The quantitative estimate of drug-likeness (QED) is 0.855. The van der Waals surface area contributed by atoms with E-state index >= 15 is 0 Å². The summed E-state index contributed by atoms with van der Waals surface area (Å²) >= 11 is 0. The van der Waals surface area contributed by atoms with Crippen LogP contribution in [0.2, 0.25) is 0 Å². The fourth-order valence-electron chi connectivity index (χ4n) is 2.08. The molecule has 1 atom stereocenters. The maximum atomic E-state index is 11.8. The van der Waals surface area contributed by atoms with Crippen LogP contribution in [0.4, 0.5) is 0 Å². The molecule has 1 unspecified atom stereocenters. The zero-order chi connectivity index (χ0) is 15.1. The van der Waals surface area contributed by atoms with Crippen molar-refractivity contribution in [3.05, 3.63) is 71.3 Å². The second-order valence-corrected chi connectivity index (χ2v) is 5.28. The lowest BCUT2D eigenvalue weighted by molar-refractivity contribution is -0.120. The minimum absolute atomic E-state index is 0.0119. The van der Waals surface area contributed by atoms with Crippen LogP contribution in [0.3, 0.4) is 0 Å². The van der Waals surface area contributed by atoms with Crippen LogP contribution in [0.1, 0.15) is 29.7 Å². The molecule has 0 heterocycles. The van der Waals surface area contributed by atoms with Gasteiger partial charge in [0.1, 0.15) is 0 Å². The first-order valence-electron chi connectivity index (χ1n) is 7.26. The molecule has 0 radical (unpaired) electrons. The van der Waals surface area contributed by atoms with Crippen molar-refractivity contribution in [2.45, 2.75) is 26.4 Å². The standard InChI is InChI=1S/C18H22N2O/c1-14-8-10-17(11-9-14)15(2)19-13-18(21)20-12-16-6-4-3-5-7-16/h3-11,15,19H,12-13H2,1-2H3,(H,20,21). The van der Waals surface area contributed by atoms with Gasteiger partial charge in [0.05, 0.1) is 6.54 Å². The van der Waals surface area contributed by atoms with Gasteiger partial charge in [0, 0.05) is 12.6 Å². The largest absolute Gasteiger partial charge is 0.351 e. The van der Waals surface area contributed by atoms with Crippen molar-refractivity contribution in [2.24, 2.45) is 0 Å². The van der Waals surface area contributed by atoms with Crippen molar-refractivity contribution in [3.8, 4) is 0 Å². The normalized spacial score (nSPS) is 11.9. The van der Waals surface area contributed by atoms with Gasteiger partial charge in [0.25, 0.3) is 0 Å². The first-order chi connectivity index (χ1) is 10.1. The molecule has 21 heavy (non-hydrogen) atoms. The maximum absolute atomic E-state index is 11.8. The summed E-state index contributed by atoms with van der Waals surface area (Å²) in [7, 11) is 0. The molecule has 0 aliphatic rings. The molecule has 3 nitrogen and oxygen atoms in total. The average Bonchev–Trinajstić information content (AvgIpc) is 2.52. The summed E-state index contributed by atoms with van der Waals surface area (Å²) in [5, 5.41) is 6.16. The highest BCUT2D eigenvalue weighted by Crippen LogP contribution is 2.12. The van der Waals surface area contributed by atoms with Crippen molar-refractivity contribution in [1.29, 1.82) is 0 Å². The highest BCUT2D eigenvalue weighted by atomic mass is 16.1. The van der Waals surface area contributed by atoms with Gasteiger partial charge in [-0.1, -0.05) is 60.2 Å². The van der Waals surface area contributed by atoms with E-state index in [1.165, 1.54) is 11.1 Å². The highest BCUT2D eigenvalue weighted by Gasteiger charge is 2.07. The summed E-state index contributed by atoms with van der Waals surface area (Å²) in [6.45, 7) is 5.02. The number of aryl methyl sites for hydroxylation is 1. The molecule has 0 saturated carbocycles. The summed E-state index contributed by atoms with van der Waals surface area (Å²) in [6.07, 6.45) is 0. The third-order valence-electron chi connectivity index (χ3n) is 3.48. The van der Waals surface area contributed by atoms with Crippen molar-refractivity contribution >= 4 is 5.91 Å². The summed E-state index contributed by atoms with van der Waals surface area (Å²) in [6, 6.07) is 18.4. The number of hydrogen-bond acceptors (Lipinski definition) is 2. The van der Waals surface area contributed by atoms with Crippen molar-refractivity contribution in [2.75, 3.05) is 6.54 Å². The Morgan fingerprint density at radius 3 is 2.38 bits per heavy atom. The van der Waals surface area contributed by atoms with Gasteiger partial charge in [-0.3, -0.25) is 4.79 Å². The minimum Gasteiger partial charge on any atom is -0.351 e. The van der Waals surface area contributed by atoms with E-state index in [9.17, 15) is 4.79 Å². The van der Waals surface area contributed by atoms with Crippen molar-refractivity contribution in [1.82, 2.24) is 10.6 Å². The van der Waals surface area contributed by atoms with Crippen LogP contribution < -0.4 is 10.6 Å². The molecule has 0 saturated heterocycles. The highest BCUT2D eigenvalue weighted by molar-refractivity contribution is 5.78. The van der Waals surface area contributed by atoms with Gasteiger partial charge < -0.3 is 10.6 Å². The van der Waals surface area contributed by atoms with Gasteiger partial charge in [0.15, 0.2) is 0 Å². The van der Waals surface area contributed by atoms with Gasteiger partial charge in [-0.15, -0.1) is 0 Å². The zero-order valence-electron chi connectivity index (χ0n) is 12.6. The lowest BCUT2D eigenvalue weighted by Crippen LogP contribution is -2.34. The van der Waals surface area contributed by atoms with Crippen LogP contribution in [-0.4, -0.2) is 12.5 Å². The van der Waals surface area contributed by atoms with E-state index in [4.69, 9.17) is 0 Å². The predicted molar refractivity (Wildman–Crippen MR) is 85.9 cm³/mol. The van der Waals surface area contributed by atoms with Gasteiger partial charge in [-0.05, 0) is 25.0 Å². The lowest BCUT2D eigenvalue weighted by Gasteiger charge is -2.14. The van der Waals surface area contributed by atoms with Crippen LogP contribution in [0, 0.1) is 6.92 Å². The molecule has 0 aromatic heterocycles. The van der Waals surface area contributed by atoms with Gasteiger partial charge in [-0.25, -0.2) is 0 Å². The maximum Gasteiger partial charge on any atom is 0.234 e. The number of amides is 1. The summed E-state index contributed by atoms with van der Waals surface area (Å²) in [4.78, 5) is 11.8. The van der Waals surface area contributed by atoms with Crippen molar-refractivity contribution in [3.63, 3.8) is 0 Å². The fourth-order valence-corrected chi connectivity index (χ4v) is 2.08. The fraction of sp³-hybridized carbons (Fsp3) is 0.278. The SMILES string of the molecule is Cc1ccc(C(C)NCC(=O)NCc2ccccc2)cc1. The van der Waals surface area contributed by atoms with E-state index in [-0.39, 0.29) is 11.9 Å². The molecule has 0 aliphatic carbocycles. The first-order valence-corrected chi connectivity index (χ1v) is 7.26. The van der Waals surface area contributed by atoms with Crippen molar-refractivity contribution < 1.29 is 4.79 Å². The van der Waals surface area contributed by atoms with Gasteiger partial charge in [-0.2, -0.15) is 0 Å². The third kappa shape index (κ3) is 5.04. The predicted octanol–water partition coefficient (Wildman–Crippen LogP) is 2.96. The van der Waals surface area contributed by atoms with E-state index in [0.717, 1.165) is 5.56 Å². The molecule has 110 valence electrons. The molecule has 0 bridgehead atoms. The molecule has 0 fully saturated rings. The molecule has 0 aliphatic heterocycles. The molecular formula is C18H22N2O. The average molecular weight is 282 g/mol. The Hall–Kier alpha value is -2.13. The number of hydrogen-bond donors (Lipinski definition) is 2. The Morgan fingerprint density at radius 1 is 1.05 bits per heavy atom. The molecule has 2 rings (SSSR count). The Balaban J connectivity index is 1.74. The van der Waals surface area contributed by atoms with E-state index in [0.29, 0.717) is 13.1 Å². The van der Waals surface area contributed by atoms with Crippen LogP contribution in [0.25, 0.3) is 0 Å². The number of carbonyl (C=O) groups excluding carboxylic acids is 1. The Bertz CT molecular complexity index is 564. The second kappa shape index (κ2) is 7.60. The number of nitrogens with one attached hydrogen (secondary N) is 2. The molecule has 2 aromatic rings. The van der Waals surface area contributed by atoms with Crippen LogP contribution in [0.5, 0.6) is 0 Å². The van der Waals surface area contributed by atoms with Gasteiger partial charge >= 0.3 is 0 Å².